The zero-order valence-corrected chi connectivity index (χ0v) is 13.4. The van der Waals surface area contributed by atoms with Crippen LogP contribution < -0.4 is 0 Å². The molecule has 1 heterocycles. The van der Waals surface area contributed by atoms with Gasteiger partial charge in [0.25, 0.3) is 0 Å². The molecule has 0 saturated heterocycles. The fourth-order valence-corrected chi connectivity index (χ4v) is 2.92. The highest BCUT2D eigenvalue weighted by molar-refractivity contribution is 9.09. The number of halogens is 2. The van der Waals surface area contributed by atoms with Crippen molar-refractivity contribution in [1.29, 1.82) is 0 Å². The molecule has 0 bridgehead atoms. The Morgan fingerprint density at radius 2 is 2.25 bits per heavy atom. The van der Waals surface area contributed by atoms with Crippen LogP contribution in [-0.4, -0.2) is 35.3 Å². The molecule has 6 heteroatoms. The lowest BCUT2D eigenvalue weighted by atomic mass is 9.91. The first-order valence-electron chi connectivity index (χ1n) is 6.38. The van der Waals surface area contributed by atoms with Gasteiger partial charge in [-0.15, -0.1) is 0 Å². The zero-order chi connectivity index (χ0) is 14.7. The number of alkyl halides is 1. The Morgan fingerprint density at radius 3 is 2.90 bits per heavy atom. The van der Waals surface area contributed by atoms with Gasteiger partial charge in [0.1, 0.15) is 6.04 Å². The third-order valence-corrected chi connectivity index (χ3v) is 4.06. The maximum atomic E-state index is 12.2. The van der Waals surface area contributed by atoms with Crippen molar-refractivity contribution in [2.45, 2.75) is 19.4 Å². The Labute approximate surface area is 131 Å². The number of amides is 1. The molecule has 1 aromatic carbocycles. The van der Waals surface area contributed by atoms with Crippen molar-refractivity contribution in [3.63, 3.8) is 0 Å². The minimum absolute atomic E-state index is 0.0682. The van der Waals surface area contributed by atoms with Crippen LogP contribution >= 0.6 is 27.5 Å². The molecule has 0 spiro atoms. The molecule has 108 valence electrons. The molecule has 0 fully saturated rings. The van der Waals surface area contributed by atoms with E-state index in [1.807, 2.05) is 12.1 Å². The number of hydrogen-bond donors (Lipinski definition) is 0. The molecule has 1 atom stereocenters. The number of hydrogen-bond acceptors (Lipinski definition) is 3. The van der Waals surface area contributed by atoms with Crippen molar-refractivity contribution >= 4 is 39.4 Å². The maximum absolute atomic E-state index is 12.2. The molecule has 0 radical (unpaired) electrons. The first-order chi connectivity index (χ1) is 9.58. The molecule has 1 amide bonds. The minimum atomic E-state index is -0.602. The van der Waals surface area contributed by atoms with Crippen LogP contribution in [0.5, 0.6) is 0 Å². The van der Waals surface area contributed by atoms with Gasteiger partial charge in [-0.25, -0.2) is 4.79 Å². The highest BCUT2D eigenvalue weighted by atomic mass is 79.9. The topological polar surface area (TPSA) is 46.6 Å². The van der Waals surface area contributed by atoms with E-state index in [1.54, 1.807) is 13.0 Å². The van der Waals surface area contributed by atoms with Gasteiger partial charge in [-0.1, -0.05) is 33.6 Å². The second-order valence-electron chi connectivity index (χ2n) is 4.49. The molecule has 1 aromatic rings. The Morgan fingerprint density at radius 1 is 1.50 bits per heavy atom. The normalized spacial score (nSPS) is 17.6. The summed E-state index contributed by atoms with van der Waals surface area (Å²) in [5.41, 5.74) is 1.84. The highest BCUT2D eigenvalue weighted by Crippen LogP contribution is 2.33. The van der Waals surface area contributed by atoms with Crippen LogP contribution in [0.15, 0.2) is 18.2 Å². The smallest absolute Gasteiger partial charge is 0.410 e. The van der Waals surface area contributed by atoms with Crippen LogP contribution in [0.4, 0.5) is 4.79 Å². The van der Waals surface area contributed by atoms with Crippen molar-refractivity contribution in [2.24, 2.45) is 0 Å². The SMILES string of the molecule is CCOC(=O)N1CCc2cc(Cl)ccc2C1C(=O)CBr. The monoisotopic (exact) mass is 359 g/mol. The largest absolute Gasteiger partial charge is 0.450 e. The van der Waals surface area contributed by atoms with Crippen LogP contribution in [-0.2, 0) is 16.0 Å². The number of benzene rings is 1. The average Bonchev–Trinajstić information content (AvgIpc) is 2.45. The standard InChI is InChI=1S/C14H15BrClNO3/c1-2-20-14(19)17-6-5-9-7-10(16)3-4-11(9)13(17)12(18)8-15/h3-4,7,13H,2,5-6,8H2,1H3. The maximum Gasteiger partial charge on any atom is 0.410 e. The molecule has 2 rings (SSSR count). The Kier molecular flexibility index (Phi) is 5.05. The van der Waals surface area contributed by atoms with Gasteiger partial charge in [0.05, 0.1) is 11.9 Å². The zero-order valence-electron chi connectivity index (χ0n) is 11.1. The fraction of sp³-hybridized carbons (Fsp3) is 0.429. The number of Topliss-reactive ketones (excluding diaryl/α,β-unsaturated/α-hetero) is 1. The molecule has 0 aliphatic carbocycles. The lowest BCUT2D eigenvalue weighted by molar-refractivity contribution is -0.121. The van der Waals surface area contributed by atoms with E-state index < -0.39 is 12.1 Å². The summed E-state index contributed by atoms with van der Waals surface area (Å²) in [4.78, 5) is 25.7. The number of fused-ring (bicyclic) bond motifs is 1. The summed E-state index contributed by atoms with van der Waals surface area (Å²) < 4.78 is 5.04. The van der Waals surface area contributed by atoms with Gasteiger partial charge < -0.3 is 4.74 Å². The Hall–Kier alpha value is -1.07. The summed E-state index contributed by atoms with van der Waals surface area (Å²) in [7, 11) is 0. The average molecular weight is 361 g/mol. The molecule has 0 aromatic heterocycles. The van der Waals surface area contributed by atoms with E-state index in [0.717, 1.165) is 11.1 Å². The summed E-state index contributed by atoms with van der Waals surface area (Å²) >= 11 is 9.16. The van der Waals surface area contributed by atoms with Crippen molar-refractivity contribution < 1.29 is 14.3 Å². The number of carbonyl (C=O) groups excluding carboxylic acids is 2. The number of ketones is 1. The van der Waals surface area contributed by atoms with E-state index >= 15 is 0 Å². The van der Waals surface area contributed by atoms with E-state index in [4.69, 9.17) is 16.3 Å². The van der Waals surface area contributed by atoms with Crippen LogP contribution in [0.25, 0.3) is 0 Å². The predicted molar refractivity (Wildman–Crippen MR) is 80.4 cm³/mol. The Balaban J connectivity index is 2.40. The summed E-state index contributed by atoms with van der Waals surface area (Å²) in [5, 5.41) is 0.828. The number of rotatable bonds is 3. The van der Waals surface area contributed by atoms with Gasteiger partial charge in [-0.3, -0.25) is 9.69 Å². The van der Waals surface area contributed by atoms with Crippen molar-refractivity contribution in [2.75, 3.05) is 18.5 Å². The molecule has 20 heavy (non-hydrogen) atoms. The van der Waals surface area contributed by atoms with Crippen LogP contribution in [0.1, 0.15) is 24.1 Å². The predicted octanol–water partition coefficient (Wildman–Crippen LogP) is 3.36. The fourth-order valence-electron chi connectivity index (χ4n) is 2.42. The first-order valence-corrected chi connectivity index (χ1v) is 7.88. The third-order valence-electron chi connectivity index (χ3n) is 3.27. The molecule has 1 unspecified atom stereocenters. The summed E-state index contributed by atoms with van der Waals surface area (Å²) in [6, 6.07) is 4.81. The first kappa shape index (κ1) is 15.3. The summed E-state index contributed by atoms with van der Waals surface area (Å²) in [6.45, 7) is 2.49. The molecule has 1 aliphatic rings. The Bertz CT molecular complexity index is 535. The molecule has 0 N–H and O–H groups in total. The lowest BCUT2D eigenvalue weighted by Crippen LogP contribution is -2.44. The van der Waals surface area contributed by atoms with E-state index in [1.165, 1.54) is 4.90 Å². The van der Waals surface area contributed by atoms with E-state index in [2.05, 4.69) is 15.9 Å². The van der Waals surface area contributed by atoms with Crippen molar-refractivity contribution in [1.82, 2.24) is 4.90 Å². The lowest BCUT2D eigenvalue weighted by Gasteiger charge is -2.35. The van der Waals surface area contributed by atoms with Gasteiger partial charge in [0.2, 0.25) is 0 Å². The van der Waals surface area contributed by atoms with Gasteiger partial charge >= 0.3 is 6.09 Å². The van der Waals surface area contributed by atoms with Crippen LogP contribution in [0, 0.1) is 0 Å². The van der Waals surface area contributed by atoms with E-state index in [9.17, 15) is 9.59 Å². The third kappa shape index (κ3) is 2.99. The second kappa shape index (κ2) is 6.59. The molecule has 1 aliphatic heterocycles. The molecule has 4 nitrogen and oxygen atoms in total. The van der Waals surface area contributed by atoms with Gasteiger partial charge in [-0.2, -0.15) is 0 Å². The highest BCUT2D eigenvalue weighted by Gasteiger charge is 2.35. The van der Waals surface area contributed by atoms with Crippen LogP contribution in [0.3, 0.4) is 0 Å². The number of ether oxygens (including phenoxy) is 1. The van der Waals surface area contributed by atoms with Crippen molar-refractivity contribution in [3.8, 4) is 0 Å². The van der Waals surface area contributed by atoms with Gasteiger partial charge in [0.15, 0.2) is 5.78 Å². The molecular weight excluding hydrogens is 346 g/mol. The van der Waals surface area contributed by atoms with Crippen molar-refractivity contribution in [3.05, 3.63) is 34.3 Å². The second-order valence-corrected chi connectivity index (χ2v) is 5.49. The van der Waals surface area contributed by atoms with E-state index in [0.29, 0.717) is 18.0 Å². The number of nitrogens with zero attached hydrogens (tertiary/aromatic N) is 1. The minimum Gasteiger partial charge on any atom is -0.450 e. The quantitative estimate of drug-likeness (QED) is 0.777. The van der Waals surface area contributed by atoms with Gasteiger partial charge in [0, 0.05) is 11.6 Å². The van der Waals surface area contributed by atoms with Crippen LogP contribution in [0.2, 0.25) is 5.02 Å². The van der Waals surface area contributed by atoms with Gasteiger partial charge in [-0.05, 0) is 36.6 Å². The molecular formula is C14H15BrClNO3. The summed E-state index contributed by atoms with van der Waals surface area (Å²) in [5.74, 6) is -0.0682. The summed E-state index contributed by atoms with van der Waals surface area (Å²) in [6.07, 6.45) is 0.216. The van der Waals surface area contributed by atoms with E-state index in [-0.39, 0.29) is 17.7 Å². The molecule has 0 saturated carbocycles. The number of carbonyl (C=O) groups is 2.